The molecule has 0 amide bonds. The molecular weight excluding hydrogens is 211 g/mol. The zero-order valence-corrected chi connectivity index (χ0v) is 14.2. The molecule has 0 aromatic rings. The van der Waals surface area contributed by atoms with Gasteiger partial charge >= 0.3 is 51.4 Å². The predicted octanol–water partition coefficient (Wildman–Crippen LogP) is 0.518. The van der Waals surface area contributed by atoms with Crippen LogP contribution in [0.2, 0.25) is 0 Å². The van der Waals surface area contributed by atoms with Gasteiger partial charge in [0.1, 0.15) is 0 Å². The van der Waals surface area contributed by atoms with Gasteiger partial charge in [0.15, 0.2) is 0 Å². The zero-order valence-electron chi connectivity index (χ0n) is 11.1. The van der Waals surface area contributed by atoms with E-state index in [1.807, 2.05) is 0 Å². The van der Waals surface area contributed by atoms with Gasteiger partial charge in [-0.2, -0.15) is 0 Å². The number of hydrogen-bond donors (Lipinski definition) is 0. The van der Waals surface area contributed by atoms with Crippen LogP contribution in [0, 0.1) is 5.92 Å². The third-order valence-corrected chi connectivity index (χ3v) is 2.83. The molecule has 0 aromatic carbocycles. The first-order valence-corrected chi connectivity index (χ1v) is 6.39. The molecule has 0 aliphatic carbocycles. The van der Waals surface area contributed by atoms with Gasteiger partial charge in [0, 0.05) is 0 Å². The molecule has 15 heavy (non-hydrogen) atoms. The third-order valence-electron chi connectivity index (χ3n) is 2.83. The van der Waals surface area contributed by atoms with Crippen LogP contribution in [0.25, 0.3) is 0 Å². The van der Waals surface area contributed by atoms with Crippen molar-refractivity contribution in [2.75, 3.05) is 6.61 Å². The summed E-state index contributed by atoms with van der Waals surface area (Å²) in [5.41, 5.74) is 0. The van der Waals surface area contributed by atoms with Crippen molar-refractivity contribution in [3.8, 4) is 0 Å². The van der Waals surface area contributed by atoms with Crippen LogP contribution in [-0.2, 0) is 0 Å². The van der Waals surface area contributed by atoms with Gasteiger partial charge in [-0.05, 0) is 0 Å². The number of unbranched alkanes of at least 4 members (excludes halogenated alkanes) is 7. The summed E-state index contributed by atoms with van der Waals surface area (Å²) in [6.45, 7) is 4.43. The summed E-state index contributed by atoms with van der Waals surface area (Å²) in [4.78, 5) is 0. The van der Waals surface area contributed by atoms with Gasteiger partial charge in [-0.25, -0.2) is 0 Å². The Balaban J connectivity index is 0. The maximum atomic E-state index is 10.5. The van der Waals surface area contributed by atoms with Crippen molar-refractivity contribution in [1.29, 1.82) is 0 Å². The first-order valence-electron chi connectivity index (χ1n) is 6.39. The average molecular weight is 238 g/mol. The Kier molecular flexibility index (Phi) is 19.7. The molecule has 1 unspecified atom stereocenters. The van der Waals surface area contributed by atoms with Crippen LogP contribution in [0.5, 0.6) is 0 Å². The molecule has 0 bridgehead atoms. The van der Waals surface area contributed by atoms with Gasteiger partial charge in [0.25, 0.3) is 0 Å². The predicted molar refractivity (Wildman–Crippen MR) is 61.3 cm³/mol. The second-order valence-electron chi connectivity index (χ2n) is 4.54. The molecule has 0 rings (SSSR count). The fourth-order valence-corrected chi connectivity index (χ4v) is 1.71. The molecule has 1 atom stereocenters. The van der Waals surface area contributed by atoms with E-state index in [4.69, 9.17) is 0 Å². The van der Waals surface area contributed by atoms with Crippen molar-refractivity contribution in [2.24, 2.45) is 5.92 Å². The van der Waals surface area contributed by atoms with Crippen LogP contribution >= 0.6 is 0 Å². The van der Waals surface area contributed by atoms with Crippen molar-refractivity contribution >= 4 is 0 Å². The van der Waals surface area contributed by atoms with Crippen LogP contribution in [0.4, 0.5) is 0 Å². The summed E-state index contributed by atoms with van der Waals surface area (Å²) in [6.07, 6.45) is 12.0. The molecule has 0 spiro atoms. The van der Waals surface area contributed by atoms with Gasteiger partial charge in [-0.3, -0.25) is 0 Å². The van der Waals surface area contributed by atoms with E-state index in [9.17, 15) is 5.11 Å². The van der Waals surface area contributed by atoms with E-state index in [1.54, 1.807) is 0 Å². The standard InChI is InChI=1S/C13H27O.K/c1-3-4-5-6-7-8-9-10-11-13(2)12-14;/h13H,3-12H2,1-2H3;/q-1;+1. The normalized spacial score (nSPS) is 12.2. The summed E-state index contributed by atoms with van der Waals surface area (Å²) < 4.78 is 0. The van der Waals surface area contributed by atoms with Gasteiger partial charge in [0.05, 0.1) is 0 Å². The fourth-order valence-electron chi connectivity index (χ4n) is 1.71. The quantitative estimate of drug-likeness (QED) is 0.402. The summed E-state index contributed by atoms with van der Waals surface area (Å²) in [6, 6.07) is 0. The molecule has 0 N–H and O–H groups in total. The second-order valence-corrected chi connectivity index (χ2v) is 4.54. The average Bonchev–Trinajstić information content (AvgIpc) is 2.21. The summed E-state index contributed by atoms with van der Waals surface area (Å²) in [7, 11) is 0. The van der Waals surface area contributed by atoms with E-state index >= 15 is 0 Å². The van der Waals surface area contributed by atoms with Crippen molar-refractivity contribution in [3.05, 3.63) is 0 Å². The van der Waals surface area contributed by atoms with Crippen LogP contribution in [0.3, 0.4) is 0 Å². The molecule has 0 fully saturated rings. The third kappa shape index (κ3) is 15.6. The smallest absolute Gasteiger partial charge is 0.854 e. The van der Waals surface area contributed by atoms with Gasteiger partial charge in [-0.1, -0.05) is 77.6 Å². The maximum absolute atomic E-state index is 10.5. The van der Waals surface area contributed by atoms with E-state index < -0.39 is 0 Å². The van der Waals surface area contributed by atoms with Crippen molar-refractivity contribution < 1.29 is 56.5 Å². The van der Waals surface area contributed by atoms with E-state index in [2.05, 4.69) is 13.8 Å². The molecule has 0 heterocycles. The first-order chi connectivity index (χ1) is 6.81. The molecule has 0 aliphatic rings. The van der Waals surface area contributed by atoms with Gasteiger partial charge < -0.3 is 5.11 Å². The Labute approximate surface area is 139 Å². The summed E-state index contributed by atoms with van der Waals surface area (Å²) in [5.74, 6) is 0.398. The Bertz CT molecular complexity index is 107. The van der Waals surface area contributed by atoms with Crippen molar-refractivity contribution in [1.82, 2.24) is 0 Å². The second kappa shape index (κ2) is 15.6. The number of rotatable bonds is 10. The number of hydrogen-bond acceptors (Lipinski definition) is 1. The molecule has 86 valence electrons. The van der Waals surface area contributed by atoms with E-state index in [0.717, 1.165) is 6.42 Å². The summed E-state index contributed by atoms with van der Waals surface area (Å²) >= 11 is 0. The monoisotopic (exact) mass is 238 g/mol. The molecule has 0 aliphatic heterocycles. The van der Waals surface area contributed by atoms with Crippen molar-refractivity contribution in [3.63, 3.8) is 0 Å². The van der Waals surface area contributed by atoms with Crippen LogP contribution in [0.1, 0.15) is 71.6 Å². The molecular formula is C13H27KO. The van der Waals surface area contributed by atoms with Gasteiger partial charge in [-0.15, -0.1) is 6.61 Å². The topological polar surface area (TPSA) is 23.1 Å². The molecule has 0 radical (unpaired) electrons. The fraction of sp³-hybridized carbons (Fsp3) is 1.00. The Hall–Kier alpha value is 1.60. The molecule has 0 saturated carbocycles. The van der Waals surface area contributed by atoms with E-state index in [0.29, 0.717) is 5.92 Å². The minimum atomic E-state index is 0. The SMILES string of the molecule is CCCCCCCCCCC(C)C[O-].[K+]. The Morgan fingerprint density at radius 2 is 1.33 bits per heavy atom. The molecule has 2 heteroatoms. The largest absolute Gasteiger partial charge is 1.00 e. The zero-order chi connectivity index (χ0) is 10.6. The molecule has 1 nitrogen and oxygen atoms in total. The first kappa shape index (κ1) is 18.9. The minimum absolute atomic E-state index is 0. The van der Waals surface area contributed by atoms with Crippen LogP contribution in [-0.4, -0.2) is 6.61 Å². The van der Waals surface area contributed by atoms with Crippen LogP contribution < -0.4 is 56.5 Å². The Morgan fingerprint density at radius 1 is 0.867 bits per heavy atom. The molecule has 0 saturated heterocycles. The van der Waals surface area contributed by atoms with Gasteiger partial charge in [0.2, 0.25) is 0 Å². The summed E-state index contributed by atoms with van der Waals surface area (Å²) in [5, 5.41) is 10.5. The van der Waals surface area contributed by atoms with Crippen LogP contribution in [0.15, 0.2) is 0 Å². The molecule has 0 aromatic heterocycles. The maximum Gasteiger partial charge on any atom is 1.00 e. The minimum Gasteiger partial charge on any atom is -0.854 e. The Morgan fingerprint density at radius 3 is 1.80 bits per heavy atom. The van der Waals surface area contributed by atoms with E-state index in [1.165, 1.54) is 51.4 Å². The van der Waals surface area contributed by atoms with E-state index in [-0.39, 0.29) is 58.0 Å². The van der Waals surface area contributed by atoms with Crippen molar-refractivity contribution in [2.45, 2.75) is 71.6 Å².